The lowest BCUT2D eigenvalue weighted by atomic mass is 10.2. The van der Waals surface area contributed by atoms with Crippen molar-refractivity contribution in [1.82, 2.24) is 9.55 Å². The maximum absolute atomic E-state index is 12.8. The zero-order chi connectivity index (χ0) is 17.4. The van der Waals surface area contributed by atoms with Crippen molar-refractivity contribution in [2.75, 3.05) is 6.79 Å². The Morgan fingerprint density at radius 2 is 1.96 bits per heavy atom. The first-order valence-corrected chi connectivity index (χ1v) is 9.14. The average molecular weight is 354 g/mol. The maximum Gasteiger partial charge on any atom is 0.262 e. The molecule has 0 unspecified atom stereocenters. The van der Waals surface area contributed by atoms with Gasteiger partial charge in [0.1, 0.15) is 0 Å². The molecule has 2 heterocycles. The molecule has 0 atom stereocenters. The van der Waals surface area contributed by atoms with Gasteiger partial charge in [0.05, 0.1) is 10.9 Å². The van der Waals surface area contributed by atoms with E-state index in [1.807, 2.05) is 56.3 Å². The quantitative estimate of drug-likeness (QED) is 0.524. The number of fused-ring (bicyclic) bond motifs is 2. The molecule has 0 spiro atoms. The molecule has 3 aromatic rings. The Hall–Kier alpha value is -2.47. The Balaban J connectivity index is 1.69. The SMILES string of the molecule is CC(C)n1c(SCc2ccc3c(c2)OCO3)nc2ccccc2c1=O. The van der Waals surface area contributed by atoms with Crippen LogP contribution in [0.3, 0.4) is 0 Å². The molecule has 0 saturated heterocycles. The van der Waals surface area contributed by atoms with Crippen LogP contribution in [0.5, 0.6) is 11.5 Å². The summed E-state index contributed by atoms with van der Waals surface area (Å²) in [6, 6.07) is 13.4. The fraction of sp³-hybridized carbons (Fsp3) is 0.263. The van der Waals surface area contributed by atoms with Crippen molar-refractivity contribution in [3.8, 4) is 11.5 Å². The molecule has 4 rings (SSSR count). The van der Waals surface area contributed by atoms with E-state index < -0.39 is 0 Å². The normalized spacial score (nSPS) is 12.9. The first kappa shape index (κ1) is 16.0. The van der Waals surface area contributed by atoms with Gasteiger partial charge in [-0.1, -0.05) is 30.0 Å². The van der Waals surface area contributed by atoms with E-state index in [0.717, 1.165) is 27.7 Å². The van der Waals surface area contributed by atoms with Crippen LogP contribution in [0.4, 0.5) is 0 Å². The number of nitrogens with zero attached hydrogens (tertiary/aromatic N) is 2. The second-order valence-corrected chi connectivity index (χ2v) is 7.10. The summed E-state index contributed by atoms with van der Waals surface area (Å²) in [5.41, 5.74) is 1.85. The van der Waals surface area contributed by atoms with Gasteiger partial charge in [0.25, 0.3) is 5.56 Å². The van der Waals surface area contributed by atoms with E-state index in [1.54, 1.807) is 16.3 Å². The molecule has 0 radical (unpaired) electrons. The van der Waals surface area contributed by atoms with Crippen molar-refractivity contribution in [3.05, 3.63) is 58.4 Å². The highest BCUT2D eigenvalue weighted by atomic mass is 32.2. The van der Waals surface area contributed by atoms with Crippen LogP contribution in [-0.4, -0.2) is 16.3 Å². The number of hydrogen-bond donors (Lipinski definition) is 0. The molecular formula is C19H18N2O3S. The van der Waals surface area contributed by atoms with Gasteiger partial charge in [-0.05, 0) is 43.7 Å². The number of hydrogen-bond acceptors (Lipinski definition) is 5. The lowest BCUT2D eigenvalue weighted by Gasteiger charge is -2.16. The molecule has 0 fully saturated rings. The van der Waals surface area contributed by atoms with E-state index in [2.05, 4.69) is 0 Å². The van der Waals surface area contributed by atoms with Gasteiger partial charge in [-0.15, -0.1) is 0 Å². The van der Waals surface area contributed by atoms with Crippen molar-refractivity contribution in [3.63, 3.8) is 0 Å². The van der Waals surface area contributed by atoms with Crippen molar-refractivity contribution >= 4 is 22.7 Å². The predicted molar refractivity (Wildman–Crippen MR) is 98.5 cm³/mol. The fourth-order valence-electron chi connectivity index (χ4n) is 2.86. The Morgan fingerprint density at radius 3 is 2.80 bits per heavy atom. The zero-order valence-corrected chi connectivity index (χ0v) is 14.9. The largest absolute Gasteiger partial charge is 0.454 e. The highest BCUT2D eigenvalue weighted by molar-refractivity contribution is 7.98. The van der Waals surface area contributed by atoms with Crippen LogP contribution in [-0.2, 0) is 5.75 Å². The Morgan fingerprint density at radius 1 is 1.16 bits per heavy atom. The second-order valence-electron chi connectivity index (χ2n) is 6.16. The highest BCUT2D eigenvalue weighted by Crippen LogP contribution is 2.34. The Bertz CT molecular complexity index is 998. The predicted octanol–water partition coefficient (Wildman–Crippen LogP) is 4.00. The van der Waals surface area contributed by atoms with Crippen LogP contribution in [0.15, 0.2) is 52.4 Å². The highest BCUT2D eigenvalue weighted by Gasteiger charge is 2.16. The summed E-state index contributed by atoms with van der Waals surface area (Å²) in [5, 5.41) is 1.39. The number of rotatable bonds is 4. The molecule has 1 aromatic heterocycles. The molecule has 0 amide bonds. The van der Waals surface area contributed by atoms with Gasteiger partial charge in [0.2, 0.25) is 6.79 Å². The minimum absolute atomic E-state index is 0.00814. The van der Waals surface area contributed by atoms with E-state index >= 15 is 0 Å². The van der Waals surface area contributed by atoms with Crippen molar-refractivity contribution < 1.29 is 9.47 Å². The summed E-state index contributed by atoms with van der Waals surface area (Å²) >= 11 is 1.56. The number of ether oxygens (including phenoxy) is 2. The summed E-state index contributed by atoms with van der Waals surface area (Å²) in [4.78, 5) is 17.5. The summed E-state index contributed by atoms with van der Waals surface area (Å²) in [6.45, 7) is 4.27. The first-order valence-electron chi connectivity index (χ1n) is 8.16. The van der Waals surface area contributed by atoms with Crippen LogP contribution >= 0.6 is 11.8 Å². The van der Waals surface area contributed by atoms with Gasteiger partial charge < -0.3 is 9.47 Å². The van der Waals surface area contributed by atoms with E-state index in [9.17, 15) is 4.79 Å². The van der Waals surface area contributed by atoms with Crippen LogP contribution in [0.25, 0.3) is 10.9 Å². The molecule has 6 heteroatoms. The van der Waals surface area contributed by atoms with Gasteiger partial charge in [-0.3, -0.25) is 9.36 Å². The summed E-state index contributed by atoms with van der Waals surface area (Å²) < 4.78 is 12.5. The van der Waals surface area contributed by atoms with Gasteiger partial charge in [-0.2, -0.15) is 0 Å². The standard InChI is InChI=1S/C19H18N2O3S/c1-12(2)21-18(22)14-5-3-4-6-15(14)20-19(21)25-10-13-7-8-16-17(9-13)24-11-23-16/h3-9,12H,10-11H2,1-2H3. The molecule has 5 nitrogen and oxygen atoms in total. The minimum atomic E-state index is 0.00814. The zero-order valence-electron chi connectivity index (χ0n) is 14.1. The van der Waals surface area contributed by atoms with Gasteiger partial charge in [0.15, 0.2) is 16.7 Å². The van der Waals surface area contributed by atoms with Crippen molar-refractivity contribution in [1.29, 1.82) is 0 Å². The van der Waals surface area contributed by atoms with E-state index in [-0.39, 0.29) is 18.4 Å². The lowest BCUT2D eigenvalue weighted by Crippen LogP contribution is -2.25. The molecule has 1 aliphatic heterocycles. The van der Waals surface area contributed by atoms with Crippen molar-refractivity contribution in [2.24, 2.45) is 0 Å². The van der Waals surface area contributed by atoms with Crippen LogP contribution in [0.2, 0.25) is 0 Å². The fourth-order valence-corrected chi connectivity index (χ4v) is 3.93. The number of thioether (sulfide) groups is 1. The molecule has 2 aromatic carbocycles. The molecule has 1 aliphatic rings. The molecule has 0 bridgehead atoms. The van der Waals surface area contributed by atoms with Crippen LogP contribution in [0, 0.1) is 0 Å². The maximum atomic E-state index is 12.8. The minimum Gasteiger partial charge on any atom is -0.454 e. The molecule has 0 saturated carbocycles. The molecule has 25 heavy (non-hydrogen) atoms. The number of benzene rings is 2. The topological polar surface area (TPSA) is 53.4 Å². The van der Waals surface area contributed by atoms with Crippen molar-refractivity contribution in [2.45, 2.75) is 30.8 Å². The molecule has 0 N–H and O–H groups in total. The number of aromatic nitrogens is 2. The van der Waals surface area contributed by atoms with Gasteiger partial charge in [0, 0.05) is 11.8 Å². The average Bonchev–Trinajstić information content (AvgIpc) is 3.07. The lowest BCUT2D eigenvalue weighted by molar-refractivity contribution is 0.174. The van der Waals surface area contributed by atoms with Gasteiger partial charge in [-0.25, -0.2) is 4.98 Å². The second kappa shape index (κ2) is 6.44. The number of para-hydroxylation sites is 1. The Kier molecular flexibility index (Phi) is 4.13. The smallest absolute Gasteiger partial charge is 0.262 e. The van der Waals surface area contributed by atoms with E-state index in [4.69, 9.17) is 14.5 Å². The Labute approximate surface area is 149 Å². The molecule has 0 aliphatic carbocycles. The molecular weight excluding hydrogens is 336 g/mol. The third-order valence-electron chi connectivity index (χ3n) is 4.10. The van der Waals surface area contributed by atoms with E-state index in [0.29, 0.717) is 11.1 Å². The van der Waals surface area contributed by atoms with Gasteiger partial charge >= 0.3 is 0 Å². The monoisotopic (exact) mass is 354 g/mol. The van der Waals surface area contributed by atoms with E-state index in [1.165, 1.54) is 0 Å². The summed E-state index contributed by atoms with van der Waals surface area (Å²) in [5.74, 6) is 2.25. The molecule has 128 valence electrons. The summed E-state index contributed by atoms with van der Waals surface area (Å²) in [6.07, 6.45) is 0. The third-order valence-corrected chi connectivity index (χ3v) is 5.12. The summed E-state index contributed by atoms with van der Waals surface area (Å²) in [7, 11) is 0. The van der Waals surface area contributed by atoms with Crippen LogP contribution < -0.4 is 15.0 Å². The third kappa shape index (κ3) is 2.98. The van der Waals surface area contributed by atoms with Crippen LogP contribution in [0.1, 0.15) is 25.5 Å². The first-order chi connectivity index (χ1) is 12.1.